The van der Waals surface area contributed by atoms with Crippen molar-refractivity contribution in [1.82, 2.24) is 0 Å². The Morgan fingerprint density at radius 2 is 1.47 bits per heavy atom. The van der Waals surface area contributed by atoms with Crippen LogP contribution in [0.15, 0.2) is 30.3 Å². The molecule has 0 N–H and O–H groups in total. The molecule has 0 aliphatic heterocycles. The van der Waals surface area contributed by atoms with Gasteiger partial charge in [-0.15, -0.1) is 0 Å². The molecule has 100 valence electrons. The van der Waals surface area contributed by atoms with E-state index in [0.29, 0.717) is 5.56 Å². The van der Waals surface area contributed by atoms with Crippen LogP contribution < -0.4 is 0 Å². The number of rotatable bonds is 2. The summed E-state index contributed by atoms with van der Waals surface area (Å²) >= 11 is 0. The molecule has 2 nitrogen and oxygen atoms in total. The predicted octanol–water partition coefficient (Wildman–Crippen LogP) is 3.81. The Labute approximate surface area is 114 Å². The minimum Gasteiger partial charge on any atom is -0.455 e. The number of carbonyl (C=O) groups is 1. The van der Waals surface area contributed by atoms with E-state index >= 15 is 0 Å². The van der Waals surface area contributed by atoms with Crippen molar-refractivity contribution < 1.29 is 9.53 Å². The van der Waals surface area contributed by atoms with E-state index < -0.39 is 0 Å². The Balaban J connectivity index is 1.55. The first-order chi connectivity index (χ1) is 9.22. The highest BCUT2D eigenvalue weighted by molar-refractivity contribution is 5.89. The van der Waals surface area contributed by atoms with E-state index in [-0.39, 0.29) is 11.6 Å². The summed E-state index contributed by atoms with van der Waals surface area (Å²) in [6, 6.07) is 9.43. The molecule has 0 heterocycles. The summed E-state index contributed by atoms with van der Waals surface area (Å²) in [4.78, 5) is 12.3. The molecule has 1 aromatic rings. The summed E-state index contributed by atoms with van der Waals surface area (Å²) < 4.78 is 6.00. The van der Waals surface area contributed by atoms with Crippen LogP contribution in [0.4, 0.5) is 0 Å². The van der Waals surface area contributed by atoms with E-state index in [2.05, 4.69) is 0 Å². The van der Waals surface area contributed by atoms with Crippen molar-refractivity contribution in [1.29, 1.82) is 0 Å². The molecule has 1 aromatic carbocycles. The van der Waals surface area contributed by atoms with Crippen molar-refractivity contribution in [3.05, 3.63) is 35.9 Å². The molecule has 0 unspecified atom stereocenters. The lowest BCUT2D eigenvalue weighted by molar-refractivity contribution is -0.131. The molecule has 0 amide bonds. The summed E-state index contributed by atoms with van der Waals surface area (Å²) in [6.07, 6.45) is 7.46. The Bertz CT molecular complexity index is 456. The topological polar surface area (TPSA) is 26.3 Å². The van der Waals surface area contributed by atoms with Gasteiger partial charge >= 0.3 is 5.97 Å². The average molecular weight is 256 g/mol. The summed E-state index contributed by atoms with van der Waals surface area (Å²) in [7, 11) is 0. The van der Waals surface area contributed by atoms with Gasteiger partial charge in [0.25, 0.3) is 0 Å². The molecule has 4 aliphatic carbocycles. The summed E-state index contributed by atoms with van der Waals surface area (Å²) in [5.74, 6) is 2.32. The van der Waals surface area contributed by atoms with E-state index in [1.54, 1.807) is 0 Å². The number of esters is 1. The highest BCUT2D eigenvalue weighted by atomic mass is 16.6. The third kappa shape index (κ3) is 1.98. The Morgan fingerprint density at radius 1 is 0.947 bits per heavy atom. The third-order valence-electron chi connectivity index (χ3n) is 5.30. The van der Waals surface area contributed by atoms with Crippen LogP contribution >= 0.6 is 0 Å². The van der Waals surface area contributed by atoms with Crippen LogP contribution in [-0.2, 0) is 4.74 Å². The van der Waals surface area contributed by atoms with Crippen LogP contribution in [0.2, 0.25) is 0 Å². The van der Waals surface area contributed by atoms with Gasteiger partial charge in [0, 0.05) is 0 Å². The van der Waals surface area contributed by atoms with Crippen LogP contribution in [0.5, 0.6) is 0 Å². The molecule has 19 heavy (non-hydrogen) atoms. The van der Waals surface area contributed by atoms with Crippen molar-refractivity contribution in [3.8, 4) is 0 Å². The lowest BCUT2D eigenvalue weighted by atomic mass is 9.54. The fraction of sp³-hybridized carbons (Fsp3) is 0.588. The Morgan fingerprint density at radius 3 is 2.00 bits per heavy atom. The Hall–Kier alpha value is -1.31. The van der Waals surface area contributed by atoms with Gasteiger partial charge in [0.1, 0.15) is 5.60 Å². The molecule has 0 atom stereocenters. The lowest BCUT2D eigenvalue weighted by Crippen LogP contribution is -2.52. The van der Waals surface area contributed by atoms with E-state index in [1.165, 1.54) is 19.3 Å². The average Bonchev–Trinajstić information content (AvgIpc) is 2.37. The van der Waals surface area contributed by atoms with Gasteiger partial charge < -0.3 is 4.74 Å². The second kappa shape index (κ2) is 4.09. The quantitative estimate of drug-likeness (QED) is 0.752. The monoisotopic (exact) mass is 256 g/mol. The van der Waals surface area contributed by atoms with Crippen molar-refractivity contribution in [2.45, 2.75) is 44.1 Å². The fourth-order valence-corrected chi connectivity index (χ4v) is 4.99. The van der Waals surface area contributed by atoms with Gasteiger partial charge in [-0.3, -0.25) is 0 Å². The molecule has 2 heteroatoms. The van der Waals surface area contributed by atoms with Crippen molar-refractivity contribution in [3.63, 3.8) is 0 Å². The predicted molar refractivity (Wildman–Crippen MR) is 72.8 cm³/mol. The van der Waals surface area contributed by atoms with Gasteiger partial charge in [-0.25, -0.2) is 4.79 Å². The standard InChI is InChI=1S/C17H20O2/c18-16(15-4-2-1-3-5-15)19-17-9-12-6-13(10-17)8-14(7-12)11-17/h1-5,12-14H,6-11H2. The molecular weight excluding hydrogens is 236 g/mol. The van der Waals surface area contributed by atoms with E-state index in [0.717, 1.165) is 37.0 Å². The molecule has 0 saturated heterocycles. The molecule has 4 fully saturated rings. The molecule has 0 spiro atoms. The second-order valence-electron chi connectivity index (χ2n) is 6.86. The number of hydrogen-bond donors (Lipinski definition) is 0. The molecule has 0 aromatic heterocycles. The van der Waals surface area contributed by atoms with Crippen LogP contribution in [0.1, 0.15) is 48.9 Å². The molecule has 4 bridgehead atoms. The number of ether oxygens (including phenoxy) is 1. The zero-order valence-corrected chi connectivity index (χ0v) is 11.2. The summed E-state index contributed by atoms with van der Waals surface area (Å²) in [6.45, 7) is 0. The first kappa shape index (κ1) is 11.5. The Kier molecular flexibility index (Phi) is 2.48. The third-order valence-corrected chi connectivity index (χ3v) is 5.30. The normalized spacial score (nSPS) is 39.3. The van der Waals surface area contributed by atoms with Crippen LogP contribution in [0, 0.1) is 17.8 Å². The first-order valence-electron chi connectivity index (χ1n) is 7.51. The highest BCUT2D eigenvalue weighted by Gasteiger charge is 2.53. The van der Waals surface area contributed by atoms with Gasteiger partial charge in [0.15, 0.2) is 0 Å². The lowest BCUT2D eigenvalue weighted by Gasteiger charge is -2.55. The van der Waals surface area contributed by atoms with Crippen LogP contribution in [0.25, 0.3) is 0 Å². The second-order valence-corrected chi connectivity index (χ2v) is 6.86. The first-order valence-corrected chi connectivity index (χ1v) is 7.51. The maximum absolute atomic E-state index is 12.3. The van der Waals surface area contributed by atoms with Crippen LogP contribution in [-0.4, -0.2) is 11.6 Å². The van der Waals surface area contributed by atoms with Gasteiger partial charge in [-0.2, -0.15) is 0 Å². The summed E-state index contributed by atoms with van der Waals surface area (Å²) in [5, 5.41) is 0. The summed E-state index contributed by atoms with van der Waals surface area (Å²) in [5.41, 5.74) is 0.569. The maximum atomic E-state index is 12.3. The highest BCUT2D eigenvalue weighted by Crippen LogP contribution is 2.57. The number of carbonyl (C=O) groups excluding carboxylic acids is 1. The molecule has 5 rings (SSSR count). The largest absolute Gasteiger partial charge is 0.455 e. The zero-order chi connectivity index (χ0) is 12.9. The molecule has 0 radical (unpaired) electrons. The fourth-order valence-electron chi connectivity index (χ4n) is 4.99. The number of hydrogen-bond acceptors (Lipinski definition) is 2. The van der Waals surface area contributed by atoms with Crippen molar-refractivity contribution in [2.24, 2.45) is 17.8 Å². The molecular formula is C17H20O2. The minimum absolute atomic E-state index is 0.123. The van der Waals surface area contributed by atoms with Crippen molar-refractivity contribution >= 4 is 5.97 Å². The minimum atomic E-state index is -0.123. The molecule has 4 aliphatic rings. The van der Waals surface area contributed by atoms with Gasteiger partial charge in [0.2, 0.25) is 0 Å². The van der Waals surface area contributed by atoms with E-state index in [1.807, 2.05) is 30.3 Å². The number of benzene rings is 1. The van der Waals surface area contributed by atoms with E-state index in [9.17, 15) is 4.79 Å². The maximum Gasteiger partial charge on any atom is 0.338 e. The smallest absolute Gasteiger partial charge is 0.338 e. The van der Waals surface area contributed by atoms with E-state index in [4.69, 9.17) is 4.74 Å². The van der Waals surface area contributed by atoms with Gasteiger partial charge in [-0.05, 0) is 68.4 Å². The van der Waals surface area contributed by atoms with Gasteiger partial charge in [-0.1, -0.05) is 18.2 Å². The SMILES string of the molecule is O=C(OC12CC3CC(CC(C3)C1)C2)c1ccccc1. The van der Waals surface area contributed by atoms with Gasteiger partial charge in [0.05, 0.1) is 5.56 Å². The molecule has 4 saturated carbocycles. The van der Waals surface area contributed by atoms with Crippen molar-refractivity contribution in [2.75, 3.05) is 0 Å². The van der Waals surface area contributed by atoms with Crippen LogP contribution in [0.3, 0.4) is 0 Å². The zero-order valence-electron chi connectivity index (χ0n) is 11.2.